The number of hydrogen-bond donors (Lipinski definition) is 1. The van der Waals surface area contributed by atoms with Gasteiger partial charge in [-0.1, -0.05) is 0 Å². The van der Waals surface area contributed by atoms with Gasteiger partial charge >= 0.3 is 12.1 Å². The molecule has 1 saturated heterocycles. The summed E-state index contributed by atoms with van der Waals surface area (Å²) < 4.78 is 9.70. The number of amides is 1. The van der Waals surface area contributed by atoms with Gasteiger partial charge in [-0.15, -0.1) is 0 Å². The van der Waals surface area contributed by atoms with Crippen LogP contribution in [-0.4, -0.2) is 55.0 Å². The number of carboxylic acid groups (broad SMARTS) is 1. The minimum atomic E-state index is -0.967. The standard InChI is InChI=1S/C9H15NO5/c1-14-9(13)10-4-2-7(3-5-10)15-6-8(11)12/h7H,2-6H2,1H3,(H,11,12). The maximum absolute atomic E-state index is 11.1. The Hall–Kier alpha value is -1.30. The second-order valence-electron chi connectivity index (χ2n) is 3.36. The van der Waals surface area contributed by atoms with E-state index in [1.165, 1.54) is 7.11 Å². The average Bonchev–Trinajstić information content (AvgIpc) is 2.26. The monoisotopic (exact) mass is 217 g/mol. The summed E-state index contributed by atoms with van der Waals surface area (Å²) in [6.45, 7) is 0.830. The minimum absolute atomic E-state index is 0.0676. The molecule has 0 aromatic rings. The van der Waals surface area contributed by atoms with Crippen LogP contribution < -0.4 is 0 Å². The summed E-state index contributed by atoms with van der Waals surface area (Å²) in [6, 6.07) is 0. The van der Waals surface area contributed by atoms with Crippen LogP contribution in [0.2, 0.25) is 0 Å². The molecule has 1 fully saturated rings. The Labute approximate surface area is 87.8 Å². The van der Waals surface area contributed by atoms with Gasteiger partial charge in [0, 0.05) is 13.1 Å². The lowest BCUT2D eigenvalue weighted by Gasteiger charge is -2.30. The zero-order chi connectivity index (χ0) is 11.3. The molecule has 1 amide bonds. The molecule has 1 heterocycles. The van der Waals surface area contributed by atoms with Crippen LogP contribution in [0, 0.1) is 0 Å². The molecule has 0 aliphatic carbocycles. The Morgan fingerprint density at radius 2 is 2.00 bits per heavy atom. The Morgan fingerprint density at radius 3 is 2.47 bits per heavy atom. The van der Waals surface area contributed by atoms with Gasteiger partial charge in [-0.25, -0.2) is 9.59 Å². The van der Waals surface area contributed by atoms with Crippen molar-refractivity contribution < 1.29 is 24.2 Å². The van der Waals surface area contributed by atoms with Crippen LogP contribution in [0.3, 0.4) is 0 Å². The molecule has 0 unspecified atom stereocenters. The fourth-order valence-electron chi connectivity index (χ4n) is 1.52. The SMILES string of the molecule is COC(=O)N1CCC(OCC(=O)O)CC1. The van der Waals surface area contributed by atoms with E-state index < -0.39 is 5.97 Å². The first-order valence-corrected chi connectivity index (χ1v) is 4.79. The van der Waals surface area contributed by atoms with E-state index in [-0.39, 0.29) is 18.8 Å². The fourth-order valence-corrected chi connectivity index (χ4v) is 1.52. The molecule has 1 aliphatic rings. The molecular weight excluding hydrogens is 202 g/mol. The summed E-state index contributed by atoms with van der Waals surface area (Å²) in [6.07, 6.45) is 0.902. The third kappa shape index (κ3) is 3.75. The van der Waals surface area contributed by atoms with Gasteiger partial charge in [0.05, 0.1) is 13.2 Å². The normalized spacial score (nSPS) is 17.5. The summed E-state index contributed by atoms with van der Waals surface area (Å²) in [5.41, 5.74) is 0. The summed E-state index contributed by atoms with van der Waals surface area (Å²) >= 11 is 0. The van der Waals surface area contributed by atoms with Crippen molar-refractivity contribution in [2.24, 2.45) is 0 Å². The maximum Gasteiger partial charge on any atom is 0.409 e. The van der Waals surface area contributed by atoms with Gasteiger partial charge in [-0.05, 0) is 12.8 Å². The molecule has 1 rings (SSSR count). The van der Waals surface area contributed by atoms with E-state index in [1.807, 2.05) is 0 Å². The van der Waals surface area contributed by atoms with Gasteiger partial charge in [-0.2, -0.15) is 0 Å². The summed E-state index contributed by atoms with van der Waals surface area (Å²) in [7, 11) is 1.34. The summed E-state index contributed by atoms with van der Waals surface area (Å²) in [5, 5.41) is 8.41. The van der Waals surface area contributed by atoms with Crippen molar-refractivity contribution in [2.45, 2.75) is 18.9 Å². The van der Waals surface area contributed by atoms with Crippen LogP contribution in [0.15, 0.2) is 0 Å². The number of carbonyl (C=O) groups excluding carboxylic acids is 1. The molecule has 0 radical (unpaired) electrons. The summed E-state index contributed by atoms with van der Waals surface area (Å²) in [4.78, 5) is 22.9. The van der Waals surface area contributed by atoms with Gasteiger partial charge in [-0.3, -0.25) is 0 Å². The molecule has 0 atom stereocenters. The Morgan fingerprint density at radius 1 is 1.40 bits per heavy atom. The van der Waals surface area contributed by atoms with Crippen LogP contribution in [0.1, 0.15) is 12.8 Å². The topological polar surface area (TPSA) is 76.1 Å². The highest BCUT2D eigenvalue weighted by Gasteiger charge is 2.23. The average molecular weight is 217 g/mol. The second kappa shape index (κ2) is 5.55. The van der Waals surface area contributed by atoms with Gasteiger partial charge in [0.25, 0.3) is 0 Å². The van der Waals surface area contributed by atoms with Gasteiger partial charge in [0.1, 0.15) is 6.61 Å². The van der Waals surface area contributed by atoms with E-state index in [2.05, 4.69) is 4.74 Å². The van der Waals surface area contributed by atoms with E-state index in [4.69, 9.17) is 9.84 Å². The lowest BCUT2D eigenvalue weighted by atomic mass is 10.1. The van der Waals surface area contributed by atoms with Crippen molar-refractivity contribution in [1.29, 1.82) is 0 Å². The van der Waals surface area contributed by atoms with E-state index in [9.17, 15) is 9.59 Å². The largest absolute Gasteiger partial charge is 0.480 e. The first kappa shape index (κ1) is 11.8. The van der Waals surface area contributed by atoms with E-state index >= 15 is 0 Å². The molecule has 6 heteroatoms. The molecule has 86 valence electrons. The van der Waals surface area contributed by atoms with Crippen LogP contribution in [0.25, 0.3) is 0 Å². The Balaban J connectivity index is 2.23. The van der Waals surface area contributed by atoms with E-state index in [0.717, 1.165) is 0 Å². The number of rotatable bonds is 3. The number of aliphatic carboxylic acids is 1. The number of carboxylic acids is 1. The molecule has 0 saturated carbocycles. The highest BCUT2D eigenvalue weighted by molar-refractivity contribution is 5.68. The fraction of sp³-hybridized carbons (Fsp3) is 0.778. The highest BCUT2D eigenvalue weighted by atomic mass is 16.5. The maximum atomic E-state index is 11.1. The second-order valence-corrected chi connectivity index (χ2v) is 3.36. The zero-order valence-electron chi connectivity index (χ0n) is 8.64. The van der Waals surface area contributed by atoms with Crippen LogP contribution in [0.4, 0.5) is 4.79 Å². The van der Waals surface area contributed by atoms with E-state index in [0.29, 0.717) is 25.9 Å². The Bertz CT molecular complexity index is 235. The third-order valence-electron chi connectivity index (χ3n) is 2.32. The minimum Gasteiger partial charge on any atom is -0.480 e. The van der Waals surface area contributed by atoms with Crippen molar-refractivity contribution >= 4 is 12.1 Å². The molecule has 0 bridgehead atoms. The Kier molecular flexibility index (Phi) is 4.36. The molecule has 0 spiro atoms. The smallest absolute Gasteiger partial charge is 0.409 e. The van der Waals surface area contributed by atoms with Gasteiger partial charge in [0.15, 0.2) is 0 Å². The van der Waals surface area contributed by atoms with Gasteiger partial charge in [0.2, 0.25) is 0 Å². The van der Waals surface area contributed by atoms with Crippen molar-refractivity contribution in [3.05, 3.63) is 0 Å². The molecule has 0 aromatic carbocycles. The number of nitrogens with zero attached hydrogens (tertiary/aromatic N) is 1. The van der Waals surface area contributed by atoms with Crippen molar-refractivity contribution in [2.75, 3.05) is 26.8 Å². The number of piperidine rings is 1. The quantitative estimate of drug-likeness (QED) is 0.736. The molecular formula is C9H15NO5. The number of hydrogen-bond acceptors (Lipinski definition) is 4. The number of ether oxygens (including phenoxy) is 2. The van der Waals surface area contributed by atoms with E-state index in [1.54, 1.807) is 4.90 Å². The third-order valence-corrected chi connectivity index (χ3v) is 2.32. The predicted molar refractivity (Wildman–Crippen MR) is 50.6 cm³/mol. The lowest BCUT2D eigenvalue weighted by Crippen LogP contribution is -2.41. The van der Waals surface area contributed by atoms with Crippen molar-refractivity contribution in [3.8, 4) is 0 Å². The molecule has 1 aliphatic heterocycles. The molecule has 0 aromatic heterocycles. The van der Waals surface area contributed by atoms with Crippen LogP contribution in [0.5, 0.6) is 0 Å². The number of methoxy groups -OCH3 is 1. The number of carbonyl (C=O) groups is 2. The molecule has 6 nitrogen and oxygen atoms in total. The molecule has 1 N–H and O–H groups in total. The van der Waals surface area contributed by atoms with Crippen LogP contribution in [-0.2, 0) is 14.3 Å². The van der Waals surface area contributed by atoms with Crippen molar-refractivity contribution in [1.82, 2.24) is 4.90 Å². The highest BCUT2D eigenvalue weighted by Crippen LogP contribution is 2.14. The number of likely N-dealkylation sites (tertiary alicyclic amines) is 1. The first-order valence-electron chi connectivity index (χ1n) is 4.79. The lowest BCUT2D eigenvalue weighted by molar-refractivity contribution is -0.145. The molecule has 15 heavy (non-hydrogen) atoms. The van der Waals surface area contributed by atoms with Gasteiger partial charge < -0.3 is 19.5 Å². The van der Waals surface area contributed by atoms with Crippen molar-refractivity contribution in [3.63, 3.8) is 0 Å². The summed E-state index contributed by atoms with van der Waals surface area (Å²) in [5.74, 6) is -0.967. The predicted octanol–water partition coefficient (Wildman–Crippen LogP) is 0.318. The van der Waals surface area contributed by atoms with Crippen LogP contribution >= 0.6 is 0 Å². The zero-order valence-corrected chi connectivity index (χ0v) is 8.64. The first-order chi connectivity index (χ1) is 7.13.